The Balaban J connectivity index is 1.89. The van der Waals surface area contributed by atoms with E-state index in [2.05, 4.69) is 41.6 Å². The number of hydrazine groups is 1. The highest BCUT2D eigenvalue weighted by Gasteiger charge is 2.22. The van der Waals surface area contributed by atoms with Gasteiger partial charge in [0.25, 0.3) is 0 Å². The first kappa shape index (κ1) is 14.0. The fourth-order valence-corrected chi connectivity index (χ4v) is 3.08. The van der Waals surface area contributed by atoms with Gasteiger partial charge in [-0.05, 0) is 36.8 Å². The summed E-state index contributed by atoms with van der Waals surface area (Å²) in [5.41, 5.74) is 6.65. The lowest BCUT2D eigenvalue weighted by molar-refractivity contribution is 0.552. The molecule has 0 bridgehead atoms. The van der Waals surface area contributed by atoms with Crippen molar-refractivity contribution in [3.05, 3.63) is 53.0 Å². The van der Waals surface area contributed by atoms with E-state index < -0.39 is 0 Å². The molecule has 110 valence electrons. The van der Waals surface area contributed by atoms with Crippen molar-refractivity contribution in [2.24, 2.45) is 5.84 Å². The smallest absolute Gasteiger partial charge is 0.143 e. The number of aromatic nitrogens is 2. The second-order valence-corrected chi connectivity index (χ2v) is 5.71. The highest BCUT2D eigenvalue weighted by molar-refractivity contribution is 5.37. The molecule has 0 aliphatic heterocycles. The number of nitrogen functional groups attached to an aromatic ring is 1. The quantitative estimate of drug-likeness (QED) is 0.668. The van der Waals surface area contributed by atoms with Crippen LogP contribution in [0.4, 0.5) is 5.82 Å². The molecule has 1 atom stereocenters. The summed E-state index contributed by atoms with van der Waals surface area (Å²) in [4.78, 5) is 9.34. The van der Waals surface area contributed by atoms with E-state index in [1.807, 2.05) is 6.07 Å². The lowest BCUT2D eigenvalue weighted by Crippen LogP contribution is -2.18. The summed E-state index contributed by atoms with van der Waals surface area (Å²) in [6, 6.07) is 10.6. The van der Waals surface area contributed by atoms with Gasteiger partial charge in [0, 0.05) is 17.7 Å². The molecule has 0 amide bonds. The predicted molar refractivity (Wildman–Crippen MR) is 85.0 cm³/mol. The fourth-order valence-electron chi connectivity index (χ4n) is 3.08. The van der Waals surface area contributed by atoms with Crippen molar-refractivity contribution in [3.8, 4) is 0 Å². The topological polar surface area (TPSA) is 63.8 Å². The van der Waals surface area contributed by atoms with E-state index in [0.29, 0.717) is 5.92 Å². The minimum Gasteiger partial charge on any atom is -0.308 e. The summed E-state index contributed by atoms with van der Waals surface area (Å²) in [6.45, 7) is 2.16. The fraction of sp³-hybridized carbons (Fsp3) is 0.412. The zero-order chi connectivity index (χ0) is 14.7. The summed E-state index contributed by atoms with van der Waals surface area (Å²) in [5, 5.41) is 0. The number of benzene rings is 1. The predicted octanol–water partition coefficient (Wildman–Crippen LogP) is 2.99. The monoisotopic (exact) mass is 282 g/mol. The molecule has 0 spiro atoms. The van der Waals surface area contributed by atoms with Crippen molar-refractivity contribution in [1.29, 1.82) is 0 Å². The molecular formula is C17H22N4. The highest BCUT2D eigenvalue weighted by Crippen LogP contribution is 2.31. The second-order valence-electron chi connectivity index (χ2n) is 5.71. The third-order valence-electron chi connectivity index (χ3n) is 4.16. The van der Waals surface area contributed by atoms with E-state index in [1.165, 1.54) is 11.1 Å². The second kappa shape index (κ2) is 6.22. The van der Waals surface area contributed by atoms with Crippen molar-refractivity contribution >= 4 is 5.82 Å². The Morgan fingerprint density at radius 3 is 2.81 bits per heavy atom. The number of aryl methyl sites for hydroxylation is 2. The molecule has 0 saturated carbocycles. The summed E-state index contributed by atoms with van der Waals surface area (Å²) in [6.07, 6.45) is 5.28. The van der Waals surface area contributed by atoms with Crippen molar-refractivity contribution in [2.75, 3.05) is 5.43 Å². The lowest BCUT2D eigenvalue weighted by atomic mass is 9.83. The standard InChI is InChI=1S/C17H22N4/c1-2-5-15-11-16(21-18)20-17(19-15)14-9-8-12-6-3-4-7-13(12)10-14/h3-4,6-7,11,14H,2,5,8-10,18H2,1H3,(H,19,20,21). The minimum absolute atomic E-state index is 0.392. The third-order valence-corrected chi connectivity index (χ3v) is 4.16. The van der Waals surface area contributed by atoms with Crippen LogP contribution < -0.4 is 11.3 Å². The van der Waals surface area contributed by atoms with E-state index in [1.54, 1.807) is 0 Å². The SMILES string of the molecule is CCCc1cc(NN)nc(C2CCc3ccccc3C2)n1. The van der Waals surface area contributed by atoms with Crippen LogP contribution in [0.3, 0.4) is 0 Å². The van der Waals surface area contributed by atoms with Gasteiger partial charge in [-0.1, -0.05) is 37.6 Å². The maximum Gasteiger partial charge on any atom is 0.143 e. The number of anilines is 1. The molecule has 0 radical (unpaired) electrons. The molecule has 0 fully saturated rings. The van der Waals surface area contributed by atoms with Crippen LogP contribution in [0.2, 0.25) is 0 Å². The molecule has 2 aromatic rings. The number of hydrogen-bond donors (Lipinski definition) is 2. The molecule has 3 rings (SSSR count). The number of hydrogen-bond acceptors (Lipinski definition) is 4. The van der Waals surface area contributed by atoms with E-state index in [0.717, 1.165) is 49.4 Å². The Bertz CT molecular complexity index is 624. The molecule has 3 N–H and O–H groups in total. The van der Waals surface area contributed by atoms with Crippen LogP contribution in [0.5, 0.6) is 0 Å². The number of nitrogens with zero attached hydrogens (tertiary/aromatic N) is 2. The molecule has 0 saturated heterocycles. The Hall–Kier alpha value is -1.94. The van der Waals surface area contributed by atoms with Crippen molar-refractivity contribution in [2.45, 2.75) is 44.9 Å². The van der Waals surface area contributed by atoms with Crippen LogP contribution in [0, 0.1) is 0 Å². The van der Waals surface area contributed by atoms with Gasteiger partial charge in [0.05, 0.1) is 0 Å². The van der Waals surface area contributed by atoms with Crippen LogP contribution in [-0.2, 0) is 19.3 Å². The Kier molecular flexibility index (Phi) is 4.15. The van der Waals surface area contributed by atoms with E-state index in [-0.39, 0.29) is 0 Å². The first-order valence-corrected chi connectivity index (χ1v) is 7.71. The van der Waals surface area contributed by atoms with Gasteiger partial charge < -0.3 is 5.43 Å². The summed E-state index contributed by atoms with van der Waals surface area (Å²) in [5.74, 6) is 7.60. The largest absolute Gasteiger partial charge is 0.308 e. The summed E-state index contributed by atoms with van der Waals surface area (Å²) < 4.78 is 0. The molecule has 4 nitrogen and oxygen atoms in total. The molecule has 1 aliphatic rings. The Labute approximate surface area is 125 Å². The third kappa shape index (κ3) is 3.05. The number of nitrogens with one attached hydrogen (secondary N) is 1. The van der Waals surface area contributed by atoms with Gasteiger partial charge >= 0.3 is 0 Å². The first-order valence-electron chi connectivity index (χ1n) is 7.71. The average Bonchev–Trinajstić information content (AvgIpc) is 2.54. The van der Waals surface area contributed by atoms with Crippen LogP contribution >= 0.6 is 0 Å². The Morgan fingerprint density at radius 1 is 1.24 bits per heavy atom. The molecule has 4 heteroatoms. The van der Waals surface area contributed by atoms with Gasteiger partial charge in [0.15, 0.2) is 0 Å². The van der Waals surface area contributed by atoms with Crippen molar-refractivity contribution < 1.29 is 0 Å². The molecule has 1 unspecified atom stereocenters. The summed E-state index contributed by atoms with van der Waals surface area (Å²) in [7, 11) is 0. The number of rotatable bonds is 4. The zero-order valence-electron chi connectivity index (χ0n) is 12.5. The lowest BCUT2D eigenvalue weighted by Gasteiger charge is -2.24. The van der Waals surface area contributed by atoms with Gasteiger partial charge in [0.2, 0.25) is 0 Å². The van der Waals surface area contributed by atoms with Crippen molar-refractivity contribution in [1.82, 2.24) is 9.97 Å². The molecular weight excluding hydrogens is 260 g/mol. The maximum absolute atomic E-state index is 5.55. The average molecular weight is 282 g/mol. The molecule has 1 aromatic heterocycles. The molecule has 1 heterocycles. The van der Waals surface area contributed by atoms with Gasteiger partial charge in [-0.15, -0.1) is 0 Å². The Morgan fingerprint density at radius 2 is 2.05 bits per heavy atom. The number of fused-ring (bicyclic) bond motifs is 1. The van der Waals surface area contributed by atoms with Gasteiger partial charge in [-0.2, -0.15) is 0 Å². The van der Waals surface area contributed by atoms with Gasteiger partial charge in [-0.3, -0.25) is 0 Å². The first-order chi connectivity index (χ1) is 10.3. The number of nitrogens with two attached hydrogens (primary N) is 1. The van der Waals surface area contributed by atoms with Crippen LogP contribution in [0.15, 0.2) is 30.3 Å². The van der Waals surface area contributed by atoms with E-state index >= 15 is 0 Å². The zero-order valence-corrected chi connectivity index (χ0v) is 12.5. The molecule has 1 aromatic carbocycles. The van der Waals surface area contributed by atoms with Gasteiger partial charge in [-0.25, -0.2) is 15.8 Å². The van der Waals surface area contributed by atoms with Crippen molar-refractivity contribution in [3.63, 3.8) is 0 Å². The van der Waals surface area contributed by atoms with Crippen LogP contribution in [0.1, 0.15) is 48.3 Å². The van der Waals surface area contributed by atoms with E-state index in [9.17, 15) is 0 Å². The summed E-state index contributed by atoms with van der Waals surface area (Å²) >= 11 is 0. The van der Waals surface area contributed by atoms with Crippen LogP contribution in [0.25, 0.3) is 0 Å². The normalized spacial score (nSPS) is 17.3. The van der Waals surface area contributed by atoms with Crippen LogP contribution in [-0.4, -0.2) is 9.97 Å². The molecule has 1 aliphatic carbocycles. The maximum atomic E-state index is 5.55. The minimum atomic E-state index is 0.392. The van der Waals surface area contributed by atoms with E-state index in [4.69, 9.17) is 10.8 Å². The van der Waals surface area contributed by atoms with Gasteiger partial charge in [0.1, 0.15) is 11.6 Å². The molecule has 21 heavy (non-hydrogen) atoms. The highest BCUT2D eigenvalue weighted by atomic mass is 15.3.